The van der Waals surface area contributed by atoms with Gasteiger partial charge in [-0.05, 0) is 60.4 Å². The van der Waals surface area contributed by atoms with Crippen LogP contribution in [0.2, 0.25) is 0 Å². The highest BCUT2D eigenvalue weighted by molar-refractivity contribution is 6.24. The lowest BCUT2D eigenvalue weighted by Gasteiger charge is -2.19. The monoisotopic (exact) mass is 545 g/mol. The van der Waals surface area contributed by atoms with Crippen molar-refractivity contribution in [3.05, 3.63) is 134 Å². The van der Waals surface area contributed by atoms with Gasteiger partial charge in [-0.2, -0.15) is 0 Å². The molecule has 0 saturated heterocycles. The zero-order valence-corrected chi connectivity index (χ0v) is 24.3. The summed E-state index contributed by atoms with van der Waals surface area (Å²) in [4.78, 5) is 4.63. The molecule has 1 atom stereocenters. The van der Waals surface area contributed by atoms with Crippen LogP contribution in [-0.2, 0) is 0 Å². The maximum Gasteiger partial charge on any atom is 0.0788 e. The third-order valence-corrected chi connectivity index (χ3v) is 8.44. The van der Waals surface area contributed by atoms with E-state index in [1.165, 1.54) is 55.7 Å². The summed E-state index contributed by atoms with van der Waals surface area (Å²) < 4.78 is 4.97. The lowest BCUT2D eigenvalue weighted by Crippen LogP contribution is -2.05. The summed E-state index contributed by atoms with van der Waals surface area (Å²) in [7, 11) is 0. The number of nitrogens with zero attached hydrogens (tertiary/aromatic N) is 3. The molecule has 1 unspecified atom stereocenters. The first-order chi connectivity index (χ1) is 20.7. The summed E-state index contributed by atoms with van der Waals surface area (Å²) >= 11 is 0. The Kier molecular flexibility index (Phi) is 6.71. The third-order valence-electron chi connectivity index (χ3n) is 8.44. The highest BCUT2D eigenvalue weighted by Crippen LogP contribution is 2.42. The van der Waals surface area contributed by atoms with Crippen LogP contribution in [-0.4, -0.2) is 14.1 Å². The van der Waals surface area contributed by atoms with Gasteiger partial charge in [0, 0.05) is 39.1 Å². The second kappa shape index (κ2) is 10.8. The summed E-state index contributed by atoms with van der Waals surface area (Å²) in [6.07, 6.45) is 7.39. The Morgan fingerprint density at radius 3 is 2.10 bits per heavy atom. The van der Waals surface area contributed by atoms with Crippen molar-refractivity contribution in [2.45, 2.75) is 33.1 Å². The fraction of sp³-hybridized carbons (Fsp3) is 0.154. The number of pyridine rings is 1. The van der Waals surface area contributed by atoms with Crippen molar-refractivity contribution >= 4 is 54.9 Å². The predicted octanol–water partition coefficient (Wildman–Crippen LogP) is 10.7. The molecule has 42 heavy (non-hydrogen) atoms. The van der Waals surface area contributed by atoms with Gasteiger partial charge in [0.2, 0.25) is 0 Å². The topological polar surface area (TPSA) is 22.8 Å². The van der Waals surface area contributed by atoms with E-state index < -0.39 is 0 Å². The van der Waals surface area contributed by atoms with Crippen molar-refractivity contribution in [3.8, 4) is 5.69 Å². The van der Waals surface area contributed by atoms with E-state index in [0.29, 0.717) is 5.92 Å². The van der Waals surface area contributed by atoms with Crippen molar-refractivity contribution in [3.63, 3.8) is 0 Å². The molecule has 3 nitrogen and oxygen atoms in total. The fourth-order valence-corrected chi connectivity index (χ4v) is 6.64. The van der Waals surface area contributed by atoms with Crippen LogP contribution in [0.25, 0.3) is 60.6 Å². The SMILES string of the molecule is C=C(/C=C(\CC(C)CCC)n1c2ccccc2c2ccc3c4ccccc4n(-c4ccccc4)c3c21)c1ccccn1. The number of hydrogen-bond acceptors (Lipinski definition) is 1. The molecular formula is C39H35N3. The first kappa shape index (κ1) is 26.0. The van der Waals surface area contributed by atoms with Gasteiger partial charge in [-0.3, -0.25) is 4.98 Å². The minimum Gasteiger partial charge on any atom is -0.311 e. The average Bonchev–Trinajstić information content (AvgIpc) is 3.55. The number of hydrogen-bond donors (Lipinski definition) is 0. The Hall–Kier alpha value is -4.89. The Bertz CT molecular complexity index is 2090. The summed E-state index contributed by atoms with van der Waals surface area (Å²) in [6.45, 7) is 9.13. The number of fused-ring (bicyclic) bond motifs is 7. The molecule has 0 radical (unpaired) electrons. The molecule has 0 N–H and O–H groups in total. The molecule has 0 bridgehead atoms. The minimum absolute atomic E-state index is 0.521. The van der Waals surface area contributed by atoms with Gasteiger partial charge < -0.3 is 9.13 Å². The van der Waals surface area contributed by atoms with Crippen LogP contribution in [0.4, 0.5) is 0 Å². The van der Waals surface area contributed by atoms with Crippen LogP contribution >= 0.6 is 0 Å². The van der Waals surface area contributed by atoms with Gasteiger partial charge in [-0.15, -0.1) is 0 Å². The molecule has 4 aromatic carbocycles. The predicted molar refractivity (Wildman–Crippen MR) is 180 cm³/mol. The van der Waals surface area contributed by atoms with Crippen LogP contribution < -0.4 is 0 Å². The molecule has 3 aromatic heterocycles. The molecule has 7 aromatic rings. The quantitative estimate of drug-likeness (QED) is 0.174. The Morgan fingerprint density at radius 1 is 0.738 bits per heavy atom. The van der Waals surface area contributed by atoms with Crippen LogP contribution in [0.1, 0.15) is 38.8 Å². The van der Waals surface area contributed by atoms with E-state index in [1.807, 2.05) is 24.4 Å². The Balaban J connectivity index is 1.63. The Morgan fingerprint density at radius 2 is 1.38 bits per heavy atom. The third kappa shape index (κ3) is 4.33. The molecule has 0 amide bonds. The molecule has 0 aliphatic carbocycles. The van der Waals surface area contributed by atoms with Crippen molar-refractivity contribution < 1.29 is 0 Å². The van der Waals surface area contributed by atoms with Gasteiger partial charge in [0.15, 0.2) is 0 Å². The number of benzene rings is 4. The normalized spacial score (nSPS) is 13.0. The molecule has 3 heterocycles. The van der Waals surface area contributed by atoms with E-state index in [4.69, 9.17) is 0 Å². The largest absolute Gasteiger partial charge is 0.311 e. The summed E-state index contributed by atoms with van der Waals surface area (Å²) in [5.74, 6) is 0.521. The van der Waals surface area contributed by atoms with Gasteiger partial charge in [-0.25, -0.2) is 0 Å². The fourth-order valence-electron chi connectivity index (χ4n) is 6.64. The number of rotatable bonds is 8. The second-order valence-electron chi connectivity index (χ2n) is 11.4. The summed E-state index contributed by atoms with van der Waals surface area (Å²) in [5.41, 5.74) is 9.13. The Labute approximate surface area is 247 Å². The highest BCUT2D eigenvalue weighted by Gasteiger charge is 2.22. The smallest absolute Gasteiger partial charge is 0.0788 e. The molecule has 0 fully saturated rings. The van der Waals surface area contributed by atoms with E-state index in [-0.39, 0.29) is 0 Å². The number of para-hydroxylation sites is 3. The zero-order chi connectivity index (χ0) is 28.6. The lowest BCUT2D eigenvalue weighted by molar-refractivity contribution is 0.532. The van der Waals surface area contributed by atoms with Gasteiger partial charge in [0.1, 0.15) is 0 Å². The first-order valence-electron chi connectivity index (χ1n) is 15.0. The van der Waals surface area contributed by atoms with Crippen molar-refractivity contribution in [1.29, 1.82) is 0 Å². The number of aromatic nitrogens is 3. The number of allylic oxidation sites excluding steroid dienone is 3. The molecule has 3 heteroatoms. The summed E-state index contributed by atoms with van der Waals surface area (Å²) in [6, 6.07) is 39.0. The zero-order valence-electron chi connectivity index (χ0n) is 24.3. The molecular weight excluding hydrogens is 510 g/mol. The van der Waals surface area contributed by atoms with Crippen LogP contribution in [0.15, 0.2) is 128 Å². The molecule has 7 rings (SSSR count). The standard InChI is InChI=1S/C39H35N3/c1-4-14-27(2)25-30(26-28(3)35-19-12-13-24-40-35)42-37-21-11-9-18-32(37)34-23-22-33-31-17-8-10-20-36(31)41(38(33)39(34)42)29-15-6-5-7-16-29/h5-13,15-24,26-27H,3-4,14,25H2,1-2H3/b30-26+. The molecule has 0 spiro atoms. The molecule has 0 saturated carbocycles. The second-order valence-corrected chi connectivity index (χ2v) is 11.4. The van der Waals surface area contributed by atoms with Crippen molar-refractivity contribution in [2.24, 2.45) is 5.92 Å². The van der Waals surface area contributed by atoms with E-state index in [2.05, 4.69) is 132 Å². The maximum atomic E-state index is 4.63. The van der Waals surface area contributed by atoms with Gasteiger partial charge in [-0.1, -0.05) is 106 Å². The molecule has 206 valence electrons. The van der Waals surface area contributed by atoms with E-state index in [1.54, 1.807) is 0 Å². The van der Waals surface area contributed by atoms with E-state index >= 15 is 0 Å². The van der Waals surface area contributed by atoms with Gasteiger partial charge >= 0.3 is 0 Å². The van der Waals surface area contributed by atoms with E-state index in [0.717, 1.165) is 29.8 Å². The lowest BCUT2D eigenvalue weighted by atomic mass is 9.98. The minimum atomic E-state index is 0.521. The van der Waals surface area contributed by atoms with Crippen molar-refractivity contribution in [1.82, 2.24) is 14.1 Å². The molecule has 0 aliphatic rings. The highest BCUT2D eigenvalue weighted by atomic mass is 15.0. The van der Waals surface area contributed by atoms with Crippen LogP contribution in [0.3, 0.4) is 0 Å². The van der Waals surface area contributed by atoms with Gasteiger partial charge in [0.25, 0.3) is 0 Å². The molecule has 0 aliphatic heterocycles. The van der Waals surface area contributed by atoms with Crippen molar-refractivity contribution in [2.75, 3.05) is 0 Å². The average molecular weight is 546 g/mol. The first-order valence-corrected chi connectivity index (χ1v) is 15.0. The summed E-state index contributed by atoms with van der Waals surface area (Å²) in [5, 5.41) is 5.04. The van der Waals surface area contributed by atoms with Crippen LogP contribution in [0, 0.1) is 5.92 Å². The van der Waals surface area contributed by atoms with E-state index in [9.17, 15) is 0 Å². The van der Waals surface area contributed by atoms with Crippen LogP contribution in [0.5, 0.6) is 0 Å². The van der Waals surface area contributed by atoms with Gasteiger partial charge in [0.05, 0.1) is 27.8 Å². The maximum absolute atomic E-state index is 4.63.